The average molecular weight is 503 g/mol. The Hall–Kier alpha value is -2.85. The summed E-state index contributed by atoms with van der Waals surface area (Å²) in [6.07, 6.45) is 5.86. The third-order valence-corrected chi connectivity index (χ3v) is 8.38. The zero-order valence-corrected chi connectivity index (χ0v) is 21.5. The Bertz CT molecular complexity index is 1180. The van der Waals surface area contributed by atoms with Crippen LogP contribution in [0.2, 0.25) is 0 Å². The molecule has 1 saturated heterocycles. The van der Waals surface area contributed by atoms with E-state index in [0.29, 0.717) is 24.3 Å². The van der Waals surface area contributed by atoms with Gasteiger partial charge in [-0.3, -0.25) is 9.69 Å². The molecule has 2 aliphatic heterocycles. The van der Waals surface area contributed by atoms with Crippen LogP contribution in [0.25, 0.3) is 5.57 Å². The number of fused-ring (bicyclic) bond motifs is 1. The molecule has 0 saturated carbocycles. The highest BCUT2D eigenvalue weighted by molar-refractivity contribution is 7.92. The summed E-state index contributed by atoms with van der Waals surface area (Å²) in [6.45, 7) is 7.33. The number of rotatable bonds is 4. The first-order valence-corrected chi connectivity index (χ1v) is 13.9. The van der Waals surface area contributed by atoms with Crippen LogP contribution >= 0.6 is 0 Å². The predicted octanol–water partition coefficient (Wildman–Crippen LogP) is 3.22. The van der Waals surface area contributed by atoms with Gasteiger partial charge < -0.3 is 14.6 Å². The van der Waals surface area contributed by atoms with E-state index in [1.165, 1.54) is 6.92 Å². The number of allylic oxidation sites excluding steroid dienone is 4. The molecule has 2 N–H and O–H groups in total. The standard InChI is InChI=1S/C25H34N4O5S/c1-16(2)34-25(31)27-13-17(3)28(18(4)30)23-11-10-19(12-24(23)27)21-8-6-5-7-9-22(21)29(26)20-14-35(32,33)15-20/h6,8,10-12,16-17,20H,5,7,9,13-15,26H2,1-4H3/t17-/m0/s1. The zero-order valence-electron chi connectivity index (χ0n) is 20.7. The van der Waals surface area contributed by atoms with E-state index >= 15 is 0 Å². The lowest BCUT2D eigenvalue weighted by Crippen LogP contribution is -2.55. The van der Waals surface area contributed by atoms with Gasteiger partial charge >= 0.3 is 6.09 Å². The second-order valence-corrected chi connectivity index (χ2v) is 11.9. The molecule has 10 heteroatoms. The van der Waals surface area contributed by atoms with Gasteiger partial charge in [-0.25, -0.2) is 19.1 Å². The molecule has 3 aliphatic rings. The fourth-order valence-electron chi connectivity index (χ4n) is 4.98. The van der Waals surface area contributed by atoms with Crippen molar-refractivity contribution in [1.29, 1.82) is 0 Å². The van der Waals surface area contributed by atoms with Gasteiger partial charge in [0.1, 0.15) is 0 Å². The molecule has 1 fully saturated rings. The van der Waals surface area contributed by atoms with E-state index in [9.17, 15) is 18.0 Å². The van der Waals surface area contributed by atoms with E-state index in [-0.39, 0.29) is 35.6 Å². The van der Waals surface area contributed by atoms with Crippen molar-refractivity contribution < 1.29 is 22.7 Å². The number of hydrogen-bond donors (Lipinski definition) is 1. The van der Waals surface area contributed by atoms with Crippen molar-refractivity contribution in [3.63, 3.8) is 0 Å². The van der Waals surface area contributed by atoms with E-state index in [4.69, 9.17) is 10.6 Å². The molecule has 0 aromatic heterocycles. The van der Waals surface area contributed by atoms with Crippen LogP contribution in [0, 0.1) is 0 Å². The lowest BCUT2D eigenvalue weighted by molar-refractivity contribution is -0.117. The summed E-state index contributed by atoms with van der Waals surface area (Å²) in [7, 11) is -3.02. The van der Waals surface area contributed by atoms with Gasteiger partial charge in [0, 0.05) is 24.7 Å². The Morgan fingerprint density at radius 3 is 2.54 bits per heavy atom. The number of hydrogen-bond acceptors (Lipinski definition) is 7. The molecule has 1 aromatic carbocycles. The van der Waals surface area contributed by atoms with Crippen LogP contribution in [0.15, 0.2) is 36.0 Å². The Kier molecular flexibility index (Phi) is 6.97. The minimum Gasteiger partial charge on any atom is -0.446 e. The molecule has 1 atom stereocenters. The van der Waals surface area contributed by atoms with Crippen molar-refractivity contribution in [2.24, 2.45) is 5.84 Å². The van der Waals surface area contributed by atoms with Gasteiger partial charge in [0.05, 0.1) is 41.1 Å². The molecule has 4 rings (SSSR count). The molecule has 2 amide bonds. The van der Waals surface area contributed by atoms with Crippen molar-refractivity contribution in [3.05, 3.63) is 41.6 Å². The molecule has 9 nitrogen and oxygen atoms in total. The Balaban J connectivity index is 1.80. The molecular formula is C25H34N4O5S. The summed E-state index contributed by atoms with van der Waals surface area (Å²) >= 11 is 0. The normalized spacial score (nSPS) is 21.9. The van der Waals surface area contributed by atoms with Crippen LogP contribution in [0.4, 0.5) is 16.2 Å². The van der Waals surface area contributed by atoms with Crippen LogP contribution in [-0.4, -0.2) is 61.7 Å². The number of sulfone groups is 1. The highest BCUT2D eigenvalue weighted by Crippen LogP contribution is 2.40. The lowest BCUT2D eigenvalue weighted by Gasteiger charge is -2.41. The van der Waals surface area contributed by atoms with Gasteiger partial charge in [-0.05, 0) is 57.7 Å². The van der Waals surface area contributed by atoms with Crippen molar-refractivity contribution in [2.45, 2.75) is 65.1 Å². The number of benzene rings is 1. The highest BCUT2D eigenvalue weighted by atomic mass is 32.2. The summed E-state index contributed by atoms with van der Waals surface area (Å²) in [6, 6.07) is 5.22. The smallest absolute Gasteiger partial charge is 0.414 e. The summed E-state index contributed by atoms with van der Waals surface area (Å²) in [5.41, 5.74) is 3.86. The first-order chi connectivity index (χ1) is 16.5. The molecule has 0 bridgehead atoms. The van der Waals surface area contributed by atoms with Crippen LogP contribution in [0.1, 0.15) is 52.5 Å². The van der Waals surface area contributed by atoms with Crippen LogP contribution in [0.3, 0.4) is 0 Å². The van der Waals surface area contributed by atoms with Crippen molar-refractivity contribution in [2.75, 3.05) is 27.9 Å². The average Bonchev–Trinajstić information content (AvgIpc) is 3.01. The van der Waals surface area contributed by atoms with E-state index in [1.807, 2.05) is 31.2 Å². The minimum atomic E-state index is -3.02. The first kappa shape index (κ1) is 25.2. The molecule has 35 heavy (non-hydrogen) atoms. The largest absolute Gasteiger partial charge is 0.446 e. The van der Waals surface area contributed by atoms with Crippen LogP contribution in [0.5, 0.6) is 0 Å². The molecular weight excluding hydrogens is 468 g/mol. The van der Waals surface area contributed by atoms with Crippen molar-refractivity contribution >= 4 is 38.8 Å². The second kappa shape index (κ2) is 9.66. The number of carbonyl (C=O) groups excluding carboxylic acids is 2. The molecule has 0 spiro atoms. The predicted molar refractivity (Wildman–Crippen MR) is 136 cm³/mol. The van der Waals surface area contributed by atoms with Gasteiger partial charge in [0.25, 0.3) is 0 Å². The third-order valence-electron chi connectivity index (χ3n) is 6.60. The number of carbonyl (C=O) groups is 2. The van der Waals surface area contributed by atoms with E-state index < -0.39 is 15.9 Å². The first-order valence-electron chi connectivity index (χ1n) is 12.0. The molecule has 2 heterocycles. The van der Waals surface area contributed by atoms with E-state index in [0.717, 1.165) is 29.7 Å². The van der Waals surface area contributed by atoms with E-state index in [2.05, 4.69) is 6.08 Å². The van der Waals surface area contributed by atoms with Crippen molar-refractivity contribution in [3.8, 4) is 0 Å². The second-order valence-electron chi connectivity index (χ2n) is 9.78. The number of hydrazine groups is 1. The van der Waals surface area contributed by atoms with Gasteiger partial charge in [-0.15, -0.1) is 0 Å². The number of nitrogens with two attached hydrogens (primary N) is 1. The van der Waals surface area contributed by atoms with Gasteiger partial charge in [-0.1, -0.05) is 18.2 Å². The Labute approximate surface area is 207 Å². The maximum atomic E-state index is 13.0. The quantitative estimate of drug-likeness (QED) is 0.497. The summed E-state index contributed by atoms with van der Waals surface area (Å²) in [5.74, 6) is 6.46. The SMILES string of the molecule is CC(=O)N1c2ccc(C3=C(N(N)C4CS(=O)(=O)C4)CCCC=C3)cc2N(C(=O)OC(C)C)C[C@@H]1C. The molecule has 190 valence electrons. The summed E-state index contributed by atoms with van der Waals surface area (Å²) in [4.78, 5) is 28.7. The summed E-state index contributed by atoms with van der Waals surface area (Å²) in [5, 5.41) is 1.61. The van der Waals surface area contributed by atoms with Crippen molar-refractivity contribution in [1.82, 2.24) is 5.01 Å². The van der Waals surface area contributed by atoms with Gasteiger partial charge in [0.2, 0.25) is 5.91 Å². The number of ether oxygens (including phenoxy) is 1. The van der Waals surface area contributed by atoms with Crippen LogP contribution in [-0.2, 0) is 19.4 Å². The van der Waals surface area contributed by atoms with Gasteiger partial charge in [-0.2, -0.15) is 0 Å². The molecule has 1 aliphatic carbocycles. The van der Waals surface area contributed by atoms with Gasteiger partial charge in [0.15, 0.2) is 9.84 Å². The molecule has 0 radical (unpaired) electrons. The molecule has 0 unspecified atom stereocenters. The minimum absolute atomic E-state index is 0.0501. The van der Waals surface area contributed by atoms with E-state index in [1.54, 1.807) is 28.7 Å². The topological polar surface area (TPSA) is 113 Å². The Morgan fingerprint density at radius 2 is 1.91 bits per heavy atom. The number of nitrogens with zero attached hydrogens (tertiary/aromatic N) is 3. The fourth-order valence-corrected chi connectivity index (χ4v) is 6.38. The molecule has 1 aromatic rings. The monoisotopic (exact) mass is 502 g/mol. The zero-order chi connectivity index (χ0) is 25.5. The van der Waals surface area contributed by atoms with Crippen LogP contribution < -0.4 is 15.6 Å². The maximum Gasteiger partial charge on any atom is 0.414 e. The fraction of sp³-hybridized carbons (Fsp3) is 0.520. The number of amides is 2. The summed E-state index contributed by atoms with van der Waals surface area (Å²) < 4.78 is 29.0. The third kappa shape index (κ3) is 5.08. The lowest BCUT2D eigenvalue weighted by atomic mass is 9.98. The Morgan fingerprint density at radius 1 is 1.20 bits per heavy atom. The maximum absolute atomic E-state index is 13.0. The highest BCUT2D eigenvalue weighted by Gasteiger charge is 2.39. The number of anilines is 2.